The number of hydrogen-bond acceptors (Lipinski definition) is 3. The summed E-state index contributed by atoms with van der Waals surface area (Å²) in [7, 11) is 0. The fourth-order valence-corrected chi connectivity index (χ4v) is 2.84. The first-order valence-corrected chi connectivity index (χ1v) is 7.18. The smallest absolute Gasteiger partial charge is 0.224 e. The van der Waals surface area contributed by atoms with E-state index in [0.717, 1.165) is 29.4 Å². The first-order chi connectivity index (χ1) is 9.67. The van der Waals surface area contributed by atoms with Crippen LogP contribution in [0.3, 0.4) is 0 Å². The Bertz CT molecular complexity index is 645. The van der Waals surface area contributed by atoms with Gasteiger partial charge in [0.1, 0.15) is 5.58 Å². The zero-order chi connectivity index (χ0) is 14.1. The van der Waals surface area contributed by atoms with Crippen molar-refractivity contribution >= 4 is 16.9 Å². The summed E-state index contributed by atoms with van der Waals surface area (Å²) in [6.45, 7) is 2.35. The van der Waals surface area contributed by atoms with Crippen LogP contribution in [0.5, 0.6) is 0 Å². The maximum absolute atomic E-state index is 11.9. The highest BCUT2D eigenvalue weighted by molar-refractivity contribution is 5.88. The average Bonchev–Trinajstić information content (AvgIpc) is 3.03. The zero-order valence-corrected chi connectivity index (χ0v) is 11.7. The third-order valence-corrected chi connectivity index (χ3v) is 3.98. The maximum Gasteiger partial charge on any atom is 0.224 e. The Hall–Kier alpha value is -1.81. The maximum atomic E-state index is 11.9. The minimum absolute atomic E-state index is 0.00455. The molecule has 0 saturated heterocycles. The van der Waals surface area contributed by atoms with Crippen molar-refractivity contribution in [1.82, 2.24) is 5.32 Å². The lowest BCUT2D eigenvalue weighted by atomic mass is 10.0. The highest BCUT2D eigenvalue weighted by Crippen LogP contribution is 2.30. The van der Waals surface area contributed by atoms with Crippen molar-refractivity contribution in [3.05, 3.63) is 35.1 Å². The van der Waals surface area contributed by atoms with E-state index in [0.29, 0.717) is 13.0 Å². The molecule has 2 aromatic rings. The Labute approximate surface area is 118 Å². The van der Waals surface area contributed by atoms with E-state index < -0.39 is 0 Å². The Morgan fingerprint density at radius 3 is 2.90 bits per heavy atom. The molecule has 1 amide bonds. The van der Waals surface area contributed by atoms with Gasteiger partial charge in [-0.15, -0.1) is 0 Å². The molecule has 0 fully saturated rings. The number of furan rings is 1. The van der Waals surface area contributed by atoms with Crippen molar-refractivity contribution in [2.45, 2.75) is 38.6 Å². The number of fused-ring (bicyclic) bond motifs is 2. The van der Waals surface area contributed by atoms with Crippen LogP contribution in [0.15, 0.2) is 22.8 Å². The fraction of sp³-hybridized carbons (Fsp3) is 0.438. The monoisotopic (exact) mass is 272 g/mol. The fourth-order valence-electron chi connectivity index (χ4n) is 2.84. The van der Waals surface area contributed by atoms with Crippen LogP contribution in [0.1, 0.15) is 30.0 Å². The molecule has 20 heavy (non-hydrogen) atoms. The molecule has 1 aromatic carbocycles. The van der Waals surface area contributed by atoms with Gasteiger partial charge in [0.15, 0.2) is 0 Å². The molecular weight excluding hydrogens is 252 g/mol. The first kappa shape index (κ1) is 13.2. The second-order valence-electron chi connectivity index (χ2n) is 5.61. The lowest BCUT2D eigenvalue weighted by molar-refractivity contribution is -0.120. The number of rotatable bonds is 4. The highest BCUT2D eigenvalue weighted by Gasteiger charge is 2.17. The number of hydrogen-bond donors (Lipinski definition) is 2. The molecule has 1 aliphatic rings. The molecule has 1 heterocycles. The van der Waals surface area contributed by atoms with Gasteiger partial charge in [-0.25, -0.2) is 0 Å². The topological polar surface area (TPSA) is 68.3 Å². The van der Waals surface area contributed by atoms with Crippen molar-refractivity contribution < 1.29 is 9.21 Å². The van der Waals surface area contributed by atoms with Gasteiger partial charge in [0.2, 0.25) is 5.91 Å². The number of amides is 1. The first-order valence-electron chi connectivity index (χ1n) is 7.18. The number of carbonyl (C=O) groups excluding carboxylic acids is 1. The summed E-state index contributed by atoms with van der Waals surface area (Å²) >= 11 is 0. The number of carbonyl (C=O) groups is 1. The van der Waals surface area contributed by atoms with E-state index in [-0.39, 0.29) is 11.9 Å². The van der Waals surface area contributed by atoms with Gasteiger partial charge in [0.25, 0.3) is 0 Å². The van der Waals surface area contributed by atoms with E-state index in [1.807, 2.05) is 6.92 Å². The molecule has 0 radical (unpaired) electrons. The van der Waals surface area contributed by atoms with Crippen LogP contribution in [0.4, 0.5) is 0 Å². The third kappa shape index (κ3) is 2.43. The van der Waals surface area contributed by atoms with Crippen molar-refractivity contribution in [2.24, 2.45) is 5.73 Å². The SMILES string of the molecule is C[C@@H](CN)NC(=O)Cc1coc2cc3c(cc12)CCC3. The molecular formula is C16H20N2O2. The van der Waals surface area contributed by atoms with Crippen LogP contribution in [-0.2, 0) is 24.1 Å². The predicted molar refractivity (Wildman–Crippen MR) is 78.6 cm³/mol. The molecule has 0 bridgehead atoms. The van der Waals surface area contributed by atoms with Gasteiger partial charge in [-0.2, -0.15) is 0 Å². The van der Waals surface area contributed by atoms with E-state index in [2.05, 4.69) is 17.4 Å². The summed E-state index contributed by atoms with van der Waals surface area (Å²) in [5, 5.41) is 3.95. The average molecular weight is 272 g/mol. The summed E-state index contributed by atoms with van der Waals surface area (Å²) in [5.41, 5.74) is 10.1. The molecule has 3 rings (SSSR count). The van der Waals surface area contributed by atoms with E-state index in [1.54, 1.807) is 6.26 Å². The van der Waals surface area contributed by atoms with Gasteiger partial charge in [0.05, 0.1) is 12.7 Å². The summed E-state index contributed by atoms with van der Waals surface area (Å²) in [6, 6.07) is 4.32. The molecule has 0 aliphatic heterocycles. The summed E-state index contributed by atoms with van der Waals surface area (Å²) in [6.07, 6.45) is 5.52. The molecule has 1 aromatic heterocycles. The number of aryl methyl sites for hydroxylation is 2. The zero-order valence-electron chi connectivity index (χ0n) is 11.7. The van der Waals surface area contributed by atoms with Gasteiger partial charge in [-0.1, -0.05) is 0 Å². The minimum atomic E-state index is -0.00820. The molecule has 1 aliphatic carbocycles. The minimum Gasteiger partial charge on any atom is -0.464 e. The lowest BCUT2D eigenvalue weighted by Gasteiger charge is -2.10. The normalized spacial score (nSPS) is 15.3. The molecule has 0 saturated carbocycles. The molecule has 0 spiro atoms. The molecule has 0 unspecified atom stereocenters. The lowest BCUT2D eigenvalue weighted by Crippen LogP contribution is -2.38. The van der Waals surface area contributed by atoms with Gasteiger partial charge in [-0.3, -0.25) is 4.79 Å². The van der Waals surface area contributed by atoms with Gasteiger partial charge in [-0.05, 0) is 49.4 Å². The van der Waals surface area contributed by atoms with E-state index >= 15 is 0 Å². The van der Waals surface area contributed by atoms with Crippen LogP contribution < -0.4 is 11.1 Å². The van der Waals surface area contributed by atoms with Crippen LogP contribution in [-0.4, -0.2) is 18.5 Å². The molecule has 4 heteroatoms. The largest absolute Gasteiger partial charge is 0.464 e. The quantitative estimate of drug-likeness (QED) is 0.893. The van der Waals surface area contributed by atoms with Crippen molar-refractivity contribution in [2.75, 3.05) is 6.54 Å². The Kier molecular flexibility index (Phi) is 3.49. The van der Waals surface area contributed by atoms with Crippen molar-refractivity contribution in [3.8, 4) is 0 Å². The molecule has 3 N–H and O–H groups in total. The Balaban J connectivity index is 1.83. The van der Waals surface area contributed by atoms with Gasteiger partial charge < -0.3 is 15.5 Å². The number of nitrogens with two attached hydrogens (primary N) is 1. The van der Waals surface area contributed by atoms with Gasteiger partial charge in [0, 0.05) is 23.5 Å². The molecule has 106 valence electrons. The summed E-state index contributed by atoms with van der Waals surface area (Å²) in [5.74, 6) is -0.00820. The second kappa shape index (κ2) is 5.29. The number of benzene rings is 1. The Morgan fingerprint density at radius 2 is 2.15 bits per heavy atom. The van der Waals surface area contributed by atoms with Crippen LogP contribution in [0.2, 0.25) is 0 Å². The van der Waals surface area contributed by atoms with Gasteiger partial charge >= 0.3 is 0 Å². The molecule has 4 nitrogen and oxygen atoms in total. The third-order valence-electron chi connectivity index (χ3n) is 3.98. The van der Waals surface area contributed by atoms with E-state index in [9.17, 15) is 4.79 Å². The standard InChI is InChI=1S/C16H20N2O2/c1-10(8-17)18-16(19)7-13-9-20-15-6-12-4-2-3-11(12)5-14(13)15/h5-6,9-10H,2-4,7-8,17H2,1H3,(H,18,19)/t10-/m0/s1. The highest BCUT2D eigenvalue weighted by atomic mass is 16.3. The van der Waals surface area contributed by atoms with Crippen LogP contribution >= 0.6 is 0 Å². The van der Waals surface area contributed by atoms with E-state index in [1.165, 1.54) is 17.5 Å². The second-order valence-corrected chi connectivity index (χ2v) is 5.61. The Morgan fingerprint density at radius 1 is 1.40 bits per heavy atom. The van der Waals surface area contributed by atoms with Crippen LogP contribution in [0, 0.1) is 0 Å². The summed E-state index contributed by atoms with van der Waals surface area (Å²) < 4.78 is 5.60. The van der Waals surface area contributed by atoms with E-state index in [4.69, 9.17) is 10.2 Å². The van der Waals surface area contributed by atoms with Crippen molar-refractivity contribution in [1.29, 1.82) is 0 Å². The predicted octanol–water partition coefficient (Wildman–Crippen LogP) is 1.93. The van der Waals surface area contributed by atoms with Crippen LogP contribution in [0.25, 0.3) is 11.0 Å². The number of nitrogens with one attached hydrogen (secondary N) is 1. The molecule has 1 atom stereocenters. The summed E-state index contributed by atoms with van der Waals surface area (Å²) in [4.78, 5) is 11.9. The van der Waals surface area contributed by atoms with Crippen molar-refractivity contribution in [3.63, 3.8) is 0 Å².